The van der Waals surface area contributed by atoms with Crippen LogP contribution in [-0.4, -0.2) is 9.55 Å². The van der Waals surface area contributed by atoms with E-state index in [0.717, 1.165) is 30.9 Å². The Balaban J connectivity index is 1.71. The van der Waals surface area contributed by atoms with Crippen LogP contribution in [0.5, 0.6) is 0 Å². The molecule has 1 aromatic heterocycles. The molecule has 3 heteroatoms. The Morgan fingerprint density at radius 2 is 1.48 bits per heavy atom. The predicted octanol–water partition coefficient (Wildman–Crippen LogP) is 6.65. The van der Waals surface area contributed by atoms with E-state index >= 15 is 0 Å². The zero-order valence-corrected chi connectivity index (χ0v) is 17.0. The molecule has 2 nitrogen and oxygen atoms in total. The molecule has 0 unspecified atom stereocenters. The van der Waals surface area contributed by atoms with Gasteiger partial charge in [0.25, 0.3) is 0 Å². The Morgan fingerprint density at radius 1 is 0.828 bits per heavy atom. The van der Waals surface area contributed by atoms with E-state index in [1.54, 1.807) is 0 Å². The number of allylic oxidation sites excluding steroid dienone is 1. The molecule has 0 spiro atoms. The van der Waals surface area contributed by atoms with Crippen LogP contribution in [0.3, 0.4) is 0 Å². The molecule has 0 amide bonds. The third-order valence-corrected chi connectivity index (χ3v) is 6.50. The molecule has 0 N–H and O–H groups in total. The summed E-state index contributed by atoms with van der Waals surface area (Å²) in [6, 6.07) is 28.0. The van der Waals surface area contributed by atoms with Gasteiger partial charge < -0.3 is 4.57 Å². The highest BCUT2D eigenvalue weighted by atomic mass is 32.2. The maximum atomic E-state index is 5.13. The van der Waals surface area contributed by atoms with Crippen molar-refractivity contribution in [3.05, 3.63) is 103 Å². The smallest absolute Gasteiger partial charge is 0.113 e. The van der Waals surface area contributed by atoms with E-state index in [9.17, 15) is 0 Å². The van der Waals surface area contributed by atoms with E-state index < -0.39 is 0 Å². The monoisotopic (exact) mass is 394 g/mol. The minimum Gasteiger partial charge on any atom is -0.327 e. The molecule has 0 atom stereocenters. The Kier molecular flexibility index (Phi) is 4.82. The first-order valence-corrected chi connectivity index (χ1v) is 10.8. The minimum absolute atomic E-state index is 0.763. The van der Waals surface area contributed by atoms with Crippen molar-refractivity contribution in [2.45, 2.75) is 29.2 Å². The topological polar surface area (TPSA) is 17.8 Å². The van der Waals surface area contributed by atoms with E-state index in [2.05, 4.69) is 90.0 Å². The van der Waals surface area contributed by atoms with Gasteiger partial charge in [-0.2, -0.15) is 0 Å². The van der Waals surface area contributed by atoms with E-state index in [1.807, 2.05) is 17.8 Å². The molecule has 5 rings (SSSR count). The van der Waals surface area contributed by atoms with Crippen LogP contribution in [0.1, 0.15) is 11.4 Å². The van der Waals surface area contributed by atoms with Crippen molar-refractivity contribution in [3.63, 3.8) is 0 Å². The lowest BCUT2D eigenvalue weighted by molar-refractivity contribution is 0.668. The van der Waals surface area contributed by atoms with Gasteiger partial charge in [0.2, 0.25) is 0 Å². The van der Waals surface area contributed by atoms with Crippen LogP contribution < -0.4 is 0 Å². The molecular weight excluding hydrogens is 372 g/mol. The summed E-state index contributed by atoms with van der Waals surface area (Å²) in [6.07, 6.45) is 3.69. The number of benzene rings is 3. The molecule has 1 aliphatic rings. The number of aryl methyl sites for hydroxylation is 1. The first-order chi connectivity index (χ1) is 14.3. The molecule has 0 radical (unpaired) electrons. The van der Waals surface area contributed by atoms with E-state index in [-0.39, 0.29) is 0 Å². The molecule has 0 fully saturated rings. The summed E-state index contributed by atoms with van der Waals surface area (Å²) in [7, 11) is 0. The second-order valence-corrected chi connectivity index (χ2v) is 8.28. The summed E-state index contributed by atoms with van der Waals surface area (Å²) in [6.45, 7) is 4.87. The van der Waals surface area contributed by atoms with Gasteiger partial charge in [-0.05, 0) is 24.1 Å². The Bertz CT molecular complexity index is 1170. The summed E-state index contributed by atoms with van der Waals surface area (Å²) in [4.78, 5) is 7.67. The molecule has 0 saturated carbocycles. The van der Waals surface area contributed by atoms with Gasteiger partial charge in [-0.25, -0.2) is 4.98 Å². The average molecular weight is 395 g/mol. The maximum absolute atomic E-state index is 5.13. The van der Waals surface area contributed by atoms with E-state index in [1.165, 1.54) is 32.2 Å². The Labute approximate surface area is 175 Å². The van der Waals surface area contributed by atoms with Crippen LogP contribution in [0.4, 0.5) is 0 Å². The molecule has 0 saturated heterocycles. The fourth-order valence-electron chi connectivity index (χ4n) is 3.99. The standard InChI is InChI=1S/C26H22N2S/c1-2-10-24-27-25-20-13-6-8-15-22(20)29-23-16-9-7-14-21(23)26(25)28(24)18-17-19-11-4-3-5-12-19/h2-9,11-16H,1,10,17-18H2. The molecule has 1 aliphatic heterocycles. The van der Waals surface area contributed by atoms with Crippen LogP contribution in [0.2, 0.25) is 0 Å². The third-order valence-electron chi connectivity index (χ3n) is 5.34. The van der Waals surface area contributed by atoms with Gasteiger partial charge in [0.1, 0.15) is 5.82 Å². The summed E-state index contributed by atoms with van der Waals surface area (Å²) in [5.41, 5.74) is 6.14. The second-order valence-electron chi connectivity index (χ2n) is 7.20. The van der Waals surface area contributed by atoms with Crippen molar-refractivity contribution in [1.82, 2.24) is 9.55 Å². The van der Waals surface area contributed by atoms with Gasteiger partial charge in [0, 0.05) is 33.9 Å². The van der Waals surface area contributed by atoms with Crippen molar-refractivity contribution >= 4 is 11.8 Å². The number of imidazole rings is 1. The fourth-order valence-corrected chi connectivity index (χ4v) is 5.07. The maximum Gasteiger partial charge on any atom is 0.113 e. The van der Waals surface area contributed by atoms with Gasteiger partial charge in [0.15, 0.2) is 0 Å². The normalized spacial score (nSPS) is 11.9. The minimum atomic E-state index is 0.763. The van der Waals surface area contributed by atoms with Crippen molar-refractivity contribution < 1.29 is 0 Å². The Hall–Kier alpha value is -3.04. The molecule has 0 bridgehead atoms. The second kappa shape index (κ2) is 7.76. The van der Waals surface area contributed by atoms with Gasteiger partial charge in [-0.1, -0.05) is 84.6 Å². The zero-order chi connectivity index (χ0) is 19.6. The van der Waals surface area contributed by atoms with Crippen LogP contribution in [0.25, 0.3) is 22.5 Å². The van der Waals surface area contributed by atoms with Crippen LogP contribution in [-0.2, 0) is 19.4 Å². The summed E-state index contributed by atoms with van der Waals surface area (Å²) in [5, 5.41) is 0. The largest absolute Gasteiger partial charge is 0.327 e. The number of nitrogens with zero attached hydrogens (tertiary/aromatic N) is 2. The first-order valence-electron chi connectivity index (χ1n) is 9.96. The van der Waals surface area contributed by atoms with Gasteiger partial charge in [-0.3, -0.25) is 0 Å². The molecule has 142 valence electrons. The molecule has 0 aliphatic carbocycles. The summed E-state index contributed by atoms with van der Waals surface area (Å²) < 4.78 is 2.41. The van der Waals surface area contributed by atoms with Crippen LogP contribution >= 0.6 is 11.8 Å². The number of rotatable bonds is 5. The van der Waals surface area contributed by atoms with E-state index in [4.69, 9.17) is 4.98 Å². The third kappa shape index (κ3) is 3.32. The zero-order valence-electron chi connectivity index (χ0n) is 16.2. The lowest BCUT2D eigenvalue weighted by Gasteiger charge is -2.14. The Morgan fingerprint density at radius 3 is 2.24 bits per heavy atom. The average Bonchev–Trinajstić information content (AvgIpc) is 3.05. The number of aromatic nitrogens is 2. The van der Waals surface area contributed by atoms with Crippen molar-refractivity contribution in [2.24, 2.45) is 0 Å². The van der Waals surface area contributed by atoms with Crippen LogP contribution in [0, 0.1) is 0 Å². The first kappa shape index (κ1) is 18.0. The fraction of sp³-hybridized carbons (Fsp3) is 0.115. The summed E-state index contributed by atoms with van der Waals surface area (Å²) >= 11 is 1.83. The highest BCUT2D eigenvalue weighted by molar-refractivity contribution is 7.99. The van der Waals surface area contributed by atoms with E-state index in [0.29, 0.717) is 0 Å². The number of fused-ring (bicyclic) bond motifs is 5. The highest BCUT2D eigenvalue weighted by Crippen LogP contribution is 2.47. The molecule has 29 heavy (non-hydrogen) atoms. The molecular formula is C26H22N2S. The lowest BCUT2D eigenvalue weighted by Crippen LogP contribution is -2.08. The van der Waals surface area contributed by atoms with Gasteiger partial charge >= 0.3 is 0 Å². The number of hydrogen-bond donors (Lipinski definition) is 0. The number of hydrogen-bond acceptors (Lipinski definition) is 2. The van der Waals surface area contributed by atoms with Crippen molar-refractivity contribution in [3.8, 4) is 22.5 Å². The van der Waals surface area contributed by atoms with Crippen LogP contribution in [0.15, 0.2) is 101 Å². The SMILES string of the molecule is C=CCc1nc2c(n1CCc1ccccc1)-c1ccccc1Sc1ccccc1-2. The van der Waals surface area contributed by atoms with Gasteiger partial charge in [0.05, 0.1) is 11.4 Å². The predicted molar refractivity (Wildman–Crippen MR) is 121 cm³/mol. The van der Waals surface area contributed by atoms with Crippen molar-refractivity contribution in [2.75, 3.05) is 0 Å². The lowest BCUT2D eigenvalue weighted by atomic mass is 10.0. The van der Waals surface area contributed by atoms with Gasteiger partial charge in [-0.15, -0.1) is 6.58 Å². The molecule has 3 aromatic carbocycles. The molecule has 4 aromatic rings. The van der Waals surface area contributed by atoms with Crippen molar-refractivity contribution in [1.29, 1.82) is 0 Å². The summed E-state index contributed by atoms with van der Waals surface area (Å²) in [5.74, 6) is 1.08. The molecule has 2 heterocycles. The quantitative estimate of drug-likeness (QED) is 0.310. The highest BCUT2D eigenvalue weighted by Gasteiger charge is 2.26.